The summed E-state index contributed by atoms with van der Waals surface area (Å²) in [4.78, 5) is 12.3. The maximum atomic E-state index is 14.1. The number of carbonyl (C=O) groups is 1. The van der Waals surface area contributed by atoms with Gasteiger partial charge in [-0.15, -0.1) is 0 Å². The Morgan fingerprint density at radius 1 is 1.38 bits per heavy atom. The van der Waals surface area contributed by atoms with E-state index >= 15 is 0 Å². The first-order chi connectivity index (χ1) is 9.99. The lowest BCUT2D eigenvalue weighted by molar-refractivity contribution is -0.151. The van der Waals surface area contributed by atoms with E-state index in [9.17, 15) is 13.6 Å². The van der Waals surface area contributed by atoms with Crippen LogP contribution in [0.3, 0.4) is 0 Å². The Bertz CT molecular complexity index is 515. The van der Waals surface area contributed by atoms with Crippen LogP contribution < -0.4 is 5.32 Å². The van der Waals surface area contributed by atoms with Crippen molar-refractivity contribution in [3.8, 4) is 0 Å². The normalized spacial score (nSPS) is 18.5. The van der Waals surface area contributed by atoms with E-state index in [2.05, 4.69) is 5.32 Å². The summed E-state index contributed by atoms with van der Waals surface area (Å²) in [5.41, 5.74) is -1.38. The Hall–Kier alpha value is -1.49. The molecule has 0 saturated heterocycles. The minimum Gasteiger partial charge on any atom is -0.464 e. The predicted octanol–water partition coefficient (Wildman–Crippen LogP) is 3.28. The van der Waals surface area contributed by atoms with Crippen molar-refractivity contribution >= 4 is 5.97 Å². The van der Waals surface area contributed by atoms with Crippen LogP contribution in [0.5, 0.6) is 0 Å². The zero-order valence-corrected chi connectivity index (χ0v) is 12.4. The second-order valence-corrected chi connectivity index (χ2v) is 5.57. The molecular formula is C16H21F2NO2. The molecule has 1 aromatic rings. The number of nitrogens with one attached hydrogen (secondary N) is 1. The Morgan fingerprint density at radius 2 is 2.05 bits per heavy atom. The number of hydrogen-bond donors (Lipinski definition) is 1. The molecule has 1 unspecified atom stereocenters. The first kappa shape index (κ1) is 15.9. The van der Waals surface area contributed by atoms with Crippen LogP contribution in [0.15, 0.2) is 18.2 Å². The molecule has 1 atom stereocenters. The number of ether oxygens (including phenoxy) is 1. The number of carbonyl (C=O) groups excluding carboxylic acids is 1. The Morgan fingerprint density at radius 3 is 2.67 bits per heavy atom. The lowest BCUT2D eigenvalue weighted by Gasteiger charge is -2.32. The van der Waals surface area contributed by atoms with Gasteiger partial charge in [-0.2, -0.15) is 0 Å². The molecule has 1 N–H and O–H groups in total. The number of hydrogen-bond acceptors (Lipinski definition) is 3. The third-order valence-electron chi connectivity index (χ3n) is 4.02. The zero-order chi connectivity index (χ0) is 15.5. The molecule has 1 saturated carbocycles. The second-order valence-electron chi connectivity index (χ2n) is 5.57. The standard InChI is InChI=1S/C16H21F2NO2/c1-3-21-15(20)16(2,19-11-7-4-5-8-11)12-9-6-10-13(17)14(12)18/h6,9-11,19H,3-5,7-8H2,1-2H3. The van der Waals surface area contributed by atoms with E-state index in [0.717, 1.165) is 31.7 Å². The molecule has 5 heteroatoms. The summed E-state index contributed by atoms with van der Waals surface area (Å²) >= 11 is 0. The van der Waals surface area contributed by atoms with Crippen molar-refractivity contribution < 1.29 is 18.3 Å². The molecule has 0 amide bonds. The molecule has 2 rings (SSSR count). The number of esters is 1. The summed E-state index contributed by atoms with van der Waals surface area (Å²) < 4.78 is 32.7. The highest BCUT2D eigenvalue weighted by Crippen LogP contribution is 2.30. The quantitative estimate of drug-likeness (QED) is 0.848. The molecule has 0 spiro atoms. The Kier molecular flexibility index (Phi) is 4.93. The summed E-state index contributed by atoms with van der Waals surface area (Å²) in [6.07, 6.45) is 3.99. The highest BCUT2D eigenvalue weighted by molar-refractivity contribution is 5.82. The smallest absolute Gasteiger partial charge is 0.330 e. The predicted molar refractivity (Wildman–Crippen MR) is 75.7 cm³/mol. The molecule has 0 bridgehead atoms. The number of rotatable bonds is 5. The highest BCUT2D eigenvalue weighted by atomic mass is 19.2. The summed E-state index contributed by atoms with van der Waals surface area (Å²) in [7, 11) is 0. The average molecular weight is 297 g/mol. The fourth-order valence-electron chi connectivity index (χ4n) is 2.89. The first-order valence-corrected chi connectivity index (χ1v) is 7.38. The van der Waals surface area contributed by atoms with Gasteiger partial charge in [0, 0.05) is 11.6 Å². The van der Waals surface area contributed by atoms with Crippen molar-refractivity contribution in [1.82, 2.24) is 5.32 Å². The van der Waals surface area contributed by atoms with Crippen molar-refractivity contribution in [1.29, 1.82) is 0 Å². The van der Waals surface area contributed by atoms with Gasteiger partial charge in [-0.25, -0.2) is 13.6 Å². The number of halogens is 2. The summed E-state index contributed by atoms with van der Waals surface area (Å²) in [6, 6.07) is 3.99. The molecule has 0 aromatic heterocycles. The van der Waals surface area contributed by atoms with Crippen LogP contribution in [0.1, 0.15) is 45.1 Å². The molecule has 1 aromatic carbocycles. The van der Waals surface area contributed by atoms with Gasteiger partial charge in [0.1, 0.15) is 5.54 Å². The fraction of sp³-hybridized carbons (Fsp3) is 0.562. The van der Waals surface area contributed by atoms with Gasteiger partial charge in [-0.05, 0) is 32.8 Å². The van der Waals surface area contributed by atoms with Gasteiger partial charge >= 0.3 is 5.97 Å². The lowest BCUT2D eigenvalue weighted by atomic mass is 9.90. The van der Waals surface area contributed by atoms with Gasteiger partial charge in [0.05, 0.1) is 6.61 Å². The third kappa shape index (κ3) is 3.23. The molecule has 1 fully saturated rings. The molecule has 1 aliphatic carbocycles. The average Bonchev–Trinajstić information content (AvgIpc) is 2.94. The van der Waals surface area contributed by atoms with E-state index in [1.807, 2.05) is 0 Å². The van der Waals surface area contributed by atoms with E-state index in [4.69, 9.17) is 4.74 Å². The molecule has 21 heavy (non-hydrogen) atoms. The van der Waals surface area contributed by atoms with Crippen LogP contribution in [-0.2, 0) is 15.1 Å². The van der Waals surface area contributed by atoms with Crippen LogP contribution in [0.4, 0.5) is 8.78 Å². The van der Waals surface area contributed by atoms with Gasteiger partial charge in [-0.1, -0.05) is 25.0 Å². The van der Waals surface area contributed by atoms with Crippen LogP contribution in [0.2, 0.25) is 0 Å². The van der Waals surface area contributed by atoms with Crippen molar-refractivity contribution in [2.75, 3.05) is 6.61 Å². The van der Waals surface area contributed by atoms with Gasteiger partial charge < -0.3 is 4.74 Å². The van der Waals surface area contributed by atoms with Crippen molar-refractivity contribution in [2.24, 2.45) is 0 Å². The third-order valence-corrected chi connectivity index (χ3v) is 4.02. The highest BCUT2D eigenvalue weighted by Gasteiger charge is 2.41. The molecule has 0 aliphatic heterocycles. The topological polar surface area (TPSA) is 38.3 Å². The zero-order valence-electron chi connectivity index (χ0n) is 12.4. The van der Waals surface area contributed by atoms with Crippen molar-refractivity contribution in [3.63, 3.8) is 0 Å². The van der Waals surface area contributed by atoms with Gasteiger partial charge in [-0.3, -0.25) is 5.32 Å². The largest absolute Gasteiger partial charge is 0.464 e. The molecule has 116 valence electrons. The van der Waals surface area contributed by atoms with Crippen LogP contribution in [0, 0.1) is 11.6 Å². The summed E-state index contributed by atoms with van der Waals surface area (Å²) in [6.45, 7) is 3.44. The SMILES string of the molecule is CCOC(=O)C(C)(NC1CCCC1)c1cccc(F)c1F. The van der Waals surface area contributed by atoms with E-state index < -0.39 is 23.1 Å². The van der Waals surface area contributed by atoms with Gasteiger partial charge in [0.25, 0.3) is 0 Å². The summed E-state index contributed by atoms with van der Waals surface area (Å²) in [5.74, 6) is -2.55. The minimum atomic E-state index is -1.38. The van der Waals surface area contributed by atoms with Gasteiger partial charge in [0.15, 0.2) is 11.6 Å². The van der Waals surface area contributed by atoms with Crippen molar-refractivity contribution in [2.45, 2.75) is 51.1 Å². The second kappa shape index (κ2) is 6.52. The van der Waals surface area contributed by atoms with E-state index in [0.29, 0.717) is 0 Å². The van der Waals surface area contributed by atoms with E-state index in [1.165, 1.54) is 12.1 Å². The minimum absolute atomic E-state index is 0.00662. The molecule has 3 nitrogen and oxygen atoms in total. The summed E-state index contributed by atoms with van der Waals surface area (Å²) in [5, 5.41) is 3.18. The maximum Gasteiger partial charge on any atom is 0.330 e. The van der Waals surface area contributed by atoms with E-state index in [1.54, 1.807) is 13.8 Å². The van der Waals surface area contributed by atoms with Crippen molar-refractivity contribution in [3.05, 3.63) is 35.4 Å². The number of benzene rings is 1. The fourth-order valence-corrected chi connectivity index (χ4v) is 2.89. The molecule has 0 heterocycles. The van der Waals surface area contributed by atoms with Gasteiger partial charge in [0.2, 0.25) is 0 Å². The molecule has 1 aliphatic rings. The van der Waals surface area contributed by atoms with E-state index in [-0.39, 0.29) is 18.2 Å². The first-order valence-electron chi connectivity index (χ1n) is 7.38. The molecular weight excluding hydrogens is 276 g/mol. The molecule has 0 radical (unpaired) electrons. The maximum absolute atomic E-state index is 14.1. The van der Waals surface area contributed by atoms with Crippen LogP contribution in [0.25, 0.3) is 0 Å². The lowest BCUT2D eigenvalue weighted by Crippen LogP contribution is -2.52. The Labute approximate surface area is 123 Å². The van der Waals surface area contributed by atoms with Crippen LogP contribution >= 0.6 is 0 Å². The monoisotopic (exact) mass is 297 g/mol. The Balaban J connectivity index is 2.38. The van der Waals surface area contributed by atoms with Crippen LogP contribution in [-0.4, -0.2) is 18.6 Å².